The minimum absolute atomic E-state index is 0.310. The monoisotopic (exact) mass is 310 g/mol. The summed E-state index contributed by atoms with van der Waals surface area (Å²) in [6.45, 7) is 4.45. The Morgan fingerprint density at radius 2 is 1.33 bits per heavy atom. The van der Waals surface area contributed by atoms with Crippen LogP contribution < -0.4 is 0 Å². The van der Waals surface area contributed by atoms with E-state index >= 15 is 0 Å². The highest BCUT2D eigenvalue weighted by Crippen LogP contribution is 2.37. The van der Waals surface area contributed by atoms with Crippen molar-refractivity contribution < 1.29 is 0 Å². The summed E-state index contributed by atoms with van der Waals surface area (Å²) in [5.41, 5.74) is 2.95. The summed E-state index contributed by atoms with van der Waals surface area (Å²) in [5.74, 6) is 0. The highest BCUT2D eigenvalue weighted by molar-refractivity contribution is 7.20. The van der Waals surface area contributed by atoms with Crippen molar-refractivity contribution in [3.05, 3.63) is 83.9 Å². The lowest BCUT2D eigenvalue weighted by Crippen LogP contribution is -2.29. The molecule has 0 aromatic heterocycles. The summed E-state index contributed by atoms with van der Waals surface area (Å²) < 4.78 is 0. The van der Waals surface area contributed by atoms with Gasteiger partial charge < -0.3 is 0 Å². The maximum absolute atomic E-state index is 6.86. The molecule has 0 nitrogen and oxygen atoms in total. The Labute approximate surface area is 132 Å². The fourth-order valence-corrected chi connectivity index (χ4v) is 5.73. The lowest BCUT2D eigenvalue weighted by molar-refractivity contribution is 1.10. The molecule has 0 aliphatic heterocycles. The van der Waals surface area contributed by atoms with Gasteiger partial charge in [-0.25, -0.2) is 0 Å². The average Bonchev–Trinajstić information content (AvgIpc) is 2.47. The van der Waals surface area contributed by atoms with Crippen LogP contribution in [0.1, 0.15) is 16.7 Å². The Morgan fingerprint density at radius 3 is 2.00 bits per heavy atom. The molecule has 106 valence electrons. The molecule has 1 atom stereocenters. The largest absolute Gasteiger partial charge is 0.167 e. The van der Waals surface area contributed by atoms with Gasteiger partial charge in [0.1, 0.15) is 0 Å². The Balaban J connectivity index is 2.15. The van der Waals surface area contributed by atoms with E-state index in [2.05, 4.69) is 85.9 Å². The molecule has 1 unspecified atom stereocenters. The zero-order valence-electron chi connectivity index (χ0n) is 12.4. The van der Waals surface area contributed by atoms with E-state index in [1.807, 2.05) is 0 Å². The quantitative estimate of drug-likeness (QED) is 0.414. The molecule has 0 spiro atoms. The van der Waals surface area contributed by atoms with E-state index in [9.17, 15) is 0 Å². The van der Waals surface area contributed by atoms with Crippen molar-refractivity contribution in [2.24, 2.45) is 0 Å². The molecule has 0 amide bonds. The van der Waals surface area contributed by atoms with Crippen LogP contribution in [0.5, 0.6) is 0 Å². The normalized spacial score (nSPS) is 13.3. The number of benzene rings is 3. The van der Waals surface area contributed by atoms with Gasteiger partial charge in [-0.3, -0.25) is 0 Å². The Kier molecular flexibility index (Phi) is 3.88. The predicted molar refractivity (Wildman–Crippen MR) is 95.6 cm³/mol. The summed E-state index contributed by atoms with van der Waals surface area (Å²) in [5, 5.41) is 2.56. The van der Waals surface area contributed by atoms with E-state index in [4.69, 9.17) is 11.1 Å². The molecule has 3 rings (SSSR count). The van der Waals surface area contributed by atoms with Gasteiger partial charge in [0.25, 0.3) is 0 Å². The van der Waals surface area contributed by atoms with Crippen LogP contribution in [0.15, 0.2) is 72.8 Å². The van der Waals surface area contributed by atoms with Gasteiger partial charge in [-0.1, -0.05) is 85.9 Å². The summed E-state index contributed by atoms with van der Waals surface area (Å²) in [4.78, 5) is 0. The highest BCUT2D eigenvalue weighted by atomic mass is 35.6. The Morgan fingerprint density at radius 1 is 0.714 bits per heavy atom. The smallest absolute Gasteiger partial charge is 0.162 e. The summed E-state index contributed by atoms with van der Waals surface area (Å²) in [7, 11) is -1.88. The minimum Gasteiger partial charge on any atom is -0.167 e. The first-order valence-corrected chi connectivity index (χ1v) is 11.4. The van der Waals surface area contributed by atoms with E-state index in [0.29, 0.717) is 5.54 Å². The fraction of sp³-hybridized carbons (Fsp3) is 0.158. The van der Waals surface area contributed by atoms with Crippen LogP contribution in [0.25, 0.3) is 10.8 Å². The molecule has 0 aliphatic carbocycles. The molecule has 0 saturated carbocycles. The van der Waals surface area contributed by atoms with Crippen LogP contribution in [-0.2, 0) is 0 Å². The molecule has 3 aromatic carbocycles. The maximum atomic E-state index is 6.86. The van der Waals surface area contributed by atoms with Crippen molar-refractivity contribution in [1.82, 2.24) is 0 Å². The first-order valence-electron chi connectivity index (χ1n) is 7.28. The zero-order valence-corrected chi connectivity index (χ0v) is 14.1. The number of rotatable bonds is 3. The van der Waals surface area contributed by atoms with Crippen LogP contribution in [0, 0.1) is 0 Å². The molecule has 0 N–H and O–H groups in total. The van der Waals surface area contributed by atoms with Crippen molar-refractivity contribution in [2.75, 3.05) is 0 Å². The topological polar surface area (TPSA) is 0 Å². The molecule has 0 heterocycles. The Hall–Kier alpha value is -1.57. The molecule has 0 saturated heterocycles. The van der Waals surface area contributed by atoms with E-state index < -0.39 is 7.38 Å². The molecule has 0 radical (unpaired) electrons. The van der Waals surface area contributed by atoms with Crippen LogP contribution >= 0.6 is 11.1 Å². The van der Waals surface area contributed by atoms with Gasteiger partial charge in [0.15, 0.2) is 7.38 Å². The van der Waals surface area contributed by atoms with Crippen molar-refractivity contribution in [3.63, 3.8) is 0 Å². The molecule has 0 fully saturated rings. The first kappa shape index (κ1) is 14.4. The third-order valence-electron chi connectivity index (χ3n) is 3.93. The van der Waals surface area contributed by atoms with Crippen LogP contribution in [0.3, 0.4) is 0 Å². The predicted octanol–water partition coefficient (Wildman–Crippen LogP) is 5.95. The van der Waals surface area contributed by atoms with Gasteiger partial charge in [0, 0.05) is 5.54 Å². The SMILES string of the molecule is C[Si](C)(Cl)C(c1ccccc1)c1ccc2ccccc2c1. The van der Waals surface area contributed by atoms with E-state index in [0.717, 1.165) is 0 Å². The average molecular weight is 311 g/mol. The van der Waals surface area contributed by atoms with Crippen molar-refractivity contribution in [2.45, 2.75) is 18.6 Å². The lowest BCUT2D eigenvalue weighted by atomic mass is 10.0. The van der Waals surface area contributed by atoms with Crippen molar-refractivity contribution in [3.8, 4) is 0 Å². The van der Waals surface area contributed by atoms with E-state index in [1.165, 1.54) is 21.9 Å². The van der Waals surface area contributed by atoms with Gasteiger partial charge in [-0.05, 0) is 21.9 Å². The lowest BCUT2D eigenvalue weighted by Gasteiger charge is -2.27. The summed E-state index contributed by atoms with van der Waals surface area (Å²) >= 11 is 6.86. The first-order chi connectivity index (χ1) is 10.1. The van der Waals surface area contributed by atoms with Crippen LogP contribution in [-0.4, -0.2) is 7.38 Å². The number of hydrogen-bond donors (Lipinski definition) is 0. The van der Waals surface area contributed by atoms with Gasteiger partial charge in [0.2, 0.25) is 0 Å². The molecular weight excluding hydrogens is 292 g/mol. The van der Waals surface area contributed by atoms with Crippen molar-refractivity contribution in [1.29, 1.82) is 0 Å². The third kappa shape index (κ3) is 3.04. The fourth-order valence-electron chi connectivity index (χ4n) is 3.02. The minimum atomic E-state index is -1.88. The molecule has 21 heavy (non-hydrogen) atoms. The summed E-state index contributed by atoms with van der Waals surface area (Å²) in [6, 6.07) is 25.9. The van der Waals surface area contributed by atoms with Crippen molar-refractivity contribution >= 4 is 29.2 Å². The second kappa shape index (κ2) is 5.67. The number of hydrogen-bond acceptors (Lipinski definition) is 0. The second-order valence-corrected chi connectivity index (χ2v) is 12.6. The van der Waals surface area contributed by atoms with Gasteiger partial charge in [-0.15, -0.1) is 0 Å². The standard InChI is InChI=1S/C19H19ClSi/c1-21(2,20)19(16-9-4-3-5-10-16)18-13-12-15-8-6-7-11-17(15)14-18/h3-14,19H,1-2H3. The number of fused-ring (bicyclic) bond motifs is 1. The molecule has 0 aliphatic rings. The van der Waals surface area contributed by atoms with E-state index in [-0.39, 0.29) is 0 Å². The molecule has 2 heteroatoms. The molecule has 3 aromatic rings. The maximum Gasteiger partial charge on any atom is 0.162 e. The van der Waals surface area contributed by atoms with Gasteiger partial charge >= 0.3 is 0 Å². The zero-order chi connectivity index (χ0) is 14.9. The van der Waals surface area contributed by atoms with Gasteiger partial charge in [0.05, 0.1) is 0 Å². The van der Waals surface area contributed by atoms with Crippen LogP contribution in [0.2, 0.25) is 13.1 Å². The van der Waals surface area contributed by atoms with Crippen LogP contribution in [0.4, 0.5) is 0 Å². The Bertz CT molecular complexity index is 744. The van der Waals surface area contributed by atoms with Gasteiger partial charge in [-0.2, -0.15) is 11.1 Å². The third-order valence-corrected chi connectivity index (χ3v) is 6.62. The number of halogens is 1. The summed E-state index contributed by atoms with van der Waals surface area (Å²) in [6.07, 6.45) is 0. The highest BCUT2D eigenvalue weighted by Gasteiger charge is 2.32. The molecule has 0 bridgehead atoms. The van der Waals surface area contributed by atoms with E-state index in [1.54, 1.807) is 0 Å². The second-order valence-electron chi connectivity index (χ2n) is 6.01. The molecular formula is C19H19ClSi.